The van der Waals surface area contributed by atoms with Gasteiger partial charge in [-0.3, -0.25) is 9.67 Å². The number of halogens is 4. The maximum atomic E-state index is 13.9. The zero-order valence-electron chi connectivity index (χ0n) is 15.5. The van der Waals surface area contributed by atoms with E-state index >= 15 is 0 Å². The molecule has 3 heterocycles. The van der Waals surface area contributed by atoms with E-state index in [0.717, 1.165) is 11.8 Å². The molecule has 3 aromatic rings. The van der Waals surface area contributed by atoms with Crippen LogP contribution in [0.3, 0.4) is 0 Å². The predicted octanol–water partition coefficient (Wildman–Crippen LogP) is 6.19. The molecule has 1 aromatic carbocycles. The fraction of sp³-hybridized carbons (Fsp3) is 0.250. The van der Waals surface area contributed by atoms with E-state index in [1.165, 1.54) is 17.8 Å². The molecule has 1 atom stereocenters. The Morgan fingerprint density at radius 2 is 2.00 bits per heavy atom. The lowest BCUT2D eigenvalue weighted by Gasteiger charge is -2.21. The molecule has 0 N–H and O–H groups in total. The average molecular weight is 481 g/mol. The van der Waals surface area contributed by atoms with Gasteiger partial charge in [0.1, 0.15) is 5.69 Å². The average Bonchev–Trinajstić information content (AvgIpc) is 2.88. The highest BCUT2D eigenvalue weighted by atomic mass is 79.9. The van der Waals surface area contributed by atoms with Crippen molar-refractivity contribution in [1.29, 1.82) is 0 Å². The lowest BCUT2D eigenvalue weighted by Crippen LogP contribution is -2.12. The number of hydrogen-bond donors (Lipinski definition) is 0. The minimum Gasteiger partial charge on any atom is -0.255 e. The number of thioether (sulfide) groups is 1. The van der Waals surface area contributed by atoms with Crippen molar-refractivity contribution < 1.29 is 13.2 Å². The van der Waals surface area contributed by atoms with Crippen molar-refractivity contribution in [2.24, 2.45) is 12.0 Å². The molecular weight excluding hydrogens is 465 g/mol. The van der Waals surface area contributed by atoms with Crippen molar-refractivity contribution in [1.82, 2.24) is 14.8 Å². The predicted molar refractivity (Wildman–Crippen MR) is 113 cm³/mol. The van der Waals surface area contributed by atoms with E-state index in [0.29, 0.717) is 33.0 Å². The fourth-order valence-electron chi connectivity index (χ4n) is 3.35. The second-order valence-corrected chi connectivity index (χ2v) is 8.70. The largest absolute Gasteiger partial charge is 0.416 e. The molecule has 150 valence electrons. The second-order valence-electron chi connectivity index (χ2n) is 6.69. The lowest BCUT2D eigenvalue weighted by atomic mass is 9.97. The minimum atomic E-state index is -4.48. The van der Waals surface area contributed by atoms with Gasteiger partial charge in [-0.25, -0.2) is 4.99 Å². The Morgan fingerprint density at radius 3 is 2.69 bits per heavy atom. The van der Waals surface area contributed by atoms with Gasteiger partial charge in [-0.1, -0.05) is 28.1 Å². The molecule has 0 saturated carbocycles. The van der Waals surface area contributed by atoms with Crippen molar-refractivity contribution in [2.75, 3.05) is 5.75 Å². The van der Waals surface area contributed by atoms with Gasteiger partial charge in [0.25, 0.3) is 0 Å². The summed E-state index contributed by atoms with van der Waals surface area (Å²) >= 11 is 4.59. The molecule has 0 amide bonds. The van der Waals surface area contributed by atoms with Gasteiger partial charge in [-0.2, -0.15) is 18.3 Å². The van der Waals surface area contributed by atoms with E-state index in [-0.39, 0.29) is 5.56 Å². The molecule has 9 heteroatoms. The molecule has 0 spiro atoms. The van der Waals surface area contributed by atoms with Crippen LogP contribution < -0.4 is 0 Å². The Bertz CT molecular complexity index is 1090. The van der Waals surface area contributed by atoms with Crippen molar-refractivity contribution in [3.63, 3.8) is 0 Å². The number of fused-ring (bicyclic) bond motifs is 1. The number of aromatic nitrogens is 3. The summed E-state index contributed by atoms with van der Waals surface area (Å²) in [7, 11) is 1.75. The summed E-state index contributed by atoms with van der Waals surface area (Å²) in [5, 5.41) is 3.99. The molecule has 0 bridgehead atoms. The number of alkyl halides is 3. The number of nitrogens with zero attached hydrogens (tertiary/aromatic N) is 4. The van der Waals surface area contributed by atoms with Gasteiger partial charge in [-0.15, -0.1) is 11.8 Å². The Morgan fingerprint density at radius 1 is 1.21 bits per heavy atom. The molecule has 0 fully saturated rings. The summed E-state index contributed by atoms with van der Waals surface area (Å²) in [6.07, 6.45) is -2.83. The van der Waals surface area contributed by atoms with E-state index < -0.39 is 17.0 Å². The zero-order chi connectivity index (χ0) is 20.8. The van der Waals surface area contributed by atoms with Crippen molar-refractivity contribution in [3.05, 3.63) is 63.8 Å². The Labute approximate surface area is 178 Å². The van der Waals surface area contributed by atoms with Gasteiger partial charge in [0.15, 0.2) is 5.82 Å². The number of aryl methyl sites for hydroxylation is 1. The number of aliphatic imine (C=N–C) groups is 1. The minimum absolute atomic E-state index is 0.196. The van der Waals surface area contributed by atoms with Gasteiger partial charge >= 0.3 is 6.18 Å². The van der Waals surface area contributed by atoms with Crippen molar-refractivity contribution in [2.45, 2.75) is 18.3 Å². The van der Waals surface area contributed by atoms with Crippen LogP contribution in [0.25, 0.3) is 11.4 Å². The molecular formula is C20H16BrF3N4S. The first-order chi connectivity index (χ1) is 13.8. The monoisotopic (exact) mass is 480 g/mol. The van der Waals surface area contributed by atoms with Gasteiger partial charge in [0, 0.05) is 34.7 Å². The van der Waals surface area contributed by atoms with Crippen LogP contribution in [0, 0.1) is 0 Å². The van der Waals surface area contributed by atoms with Crippen LogP contribution in [0.4, 0.5) is 19.0 Å². The third-order valence-electron chi connectivity index (χ3n) is 4.58. The summed E-state index contributed by atoms with van der Waals surface area (Å²) in [5.74, 6) is 1.09. The van der Waals surface area contributed by atoms with Gasteiger partial charge in [0.05, 0.1) is 16.5 Å². The summed E-state index contributed by atoms with van der Waals surface area (Å²) in [5.41, 5.74) is 2.18. The van der Waals surface area contributed by atoms with Gasteiger partial charge < -0.3 is 0 Å². The smallest absolute Gasteiger partial charge is 0.255 e. The molecule has 1 unspecified atom stereocenters. The summed E-state index contributed by atoms with van der Waals surface area (Å²) in [4.78, 5) is 9.02. The number of rotatable bonds is 2. The first-order valence-electron chi connectivity index (χ1n) is 8.76. The molecule has 4 nitrogen and oxygen atoms in total. The number of benzene rings is 1. The third-order valence-corrected chi connectivity index (χ3v) is 6.48. The Balaban J connectivity index is 1.99. The highest BCUT2D eigenvalue weighted by molar-refractivity contribution is 9.10. The number of hydrogen-bond acceptors (Lipinski definition) is 4. The maximum absolute atomic E-state index is 13.9. The van der Waals surface area contributed by atoms with Crippen LogP contribution in [-0.4, -0.2) is 26.2 Å². The third kappa shape index (κ3) is 3.85. The highest BCUT2D eigenvalue weighted by Crippen LogP contribution is 2.50. The number of pyridine rings is 1. The maximum Gasteiger partial charge on any atom is 0.416 e. The SMILES string of the molecule is CC1=Nc2c(c(-c3ccccn3)nn2C)C(c2ccc(Br)cc2C(F)(F)F)SC1. The first-order valence-corrected chi connectivity index (χ1v) is 10.6. The molecule has 29 heavy (non-hydrogen) atoms. The molecule has 1 aliphatic rings. The molecule has 2 aromatic heterocycles. The Kier molecular flexibility index (Phi) is 5.29. The molecule has 4 rings (SSSR count). The lowest BCUT2D eigenvalue weighted by molar-refractivity contribution is -0.138. The van der Waals surface area contributed by atoms with Crippen LogP contribution in [0.2, 0.25) is 0 Å². The van der Waals surface area contributed by atoms with E-state index in [1.54, 1.807) is 36.1 Å². The summed E-state index contributed by atoms with van der Waals surface area (Å²) in [6.45, 7) is 1.87. The summed E-state index contributed by atoms with van der Waals surface area (Å²) < 4.78 is 43.6. The van der Waals surface area contributed by atoms with E-state index in [9.17, 15) is 13.2 Å². The van der Waals surface area contributed by atoms with E-state index in [1.807, 2.05) is 13.0 Å². The molecule has 0 radical (unpaired) electrons. The van der Waals surface area contributed by atoms with Gasteiger partial charge in [-0.05, 0) is 36.8 Å². The van der Waals surface area contributed by atoms with Crippen molar-refractivity contribution in [3.8, 4) is 11.4 Å². The second kappa shape index (κ2) is 7.60. The molecule has 1 aliphatic heterocycles. The zero-order valence-corrected chi connectivity index (χ0v) is 17.9. The van der Waals surface area contributed by atoms with Gasteiger partial charge in [0.2, 0.25) is 0 Å². The first kappa shape index (κ1) is 20.2. The van der Waals surface area contributed by atoms with Crippen LogP contribution in [0.1, 0.15) is 28.9 Å². The Hall–Kier alpha value is -2.13. The van der Waals surface area contributed by atoms with Crippen LogP contribution in [-0.2, 0) is 13.2 Å². The normalized spacial score (nSPS) is 16.9. The van der Waals surface area contributed by atoms with Crippen LogP contribution >= 0.6 is 27.7 Å². The quantitative estimate of drug-likeness (QED) is 0.438. The van der Waals surface area contributed by atoms with E-state index in [2.05, 4.69) is 31.0 Å². The topological polar surface area (TPSA) is 43.1 Å². The van der Waals surface area contributed by atoms with Crippen LogP contribution in [0.5, 0.6) is 0 Å². The molecule has 0 saturated heterocycles. The van der Waals surface area contributed by atoms with E-state index in [4.69, 9.17) is 0 Å². The van der Waals surface area contributed by atoms with Crippen LogP contribution in [0.15, 0.2) is 52.1 Å². The standard InChI is InChI=1S/C20H16BrF3N4S/c1-11-10-29-18(13-7-6-12(21)9-14(13)20(22,23)24)16-17(15-5-3-4-8-25-15)27-28(2)19(16)26-11/h3-9,18H,10H2,1-2H3. The molecule has 0 aliphatic carbocycles. The summed E-state index contributed by atoms with van der Waals surface area (Å²) in [6, 6.07) is 9.72. The highest BCUT2D eigenvalue weighted by Gasteiger charge is 2.38. The fourth-order valence-corrected chi connectivity index (χ4v) is 4.95. The van der Waals surface area contributed by atoms with Crippen molar-refractivity contribution >= 4 is 39.2 Å².